The highest BCUT2D eigenvalue weighted by Gasteiger charge is 2.15. The zero-order valence-electron chi connectivity index (χ0n) is 26.1. The predicted octanol–water partition coefficient (Wildman–Crippen LogP) is 11.7. The lowest BCUT2D eigenvalue weighted by atomic mass is 9.92. The van der Waals surface area contributed by atoms with Crippen LogP contribution in [0.2, 0.25) is 0 Å². The quantitative estimate of drug-likeness (QED) is 0.182. The predicted molar refractivity (Wildman–Crippen MR) is 200 cm³/mol. The molecule has 7 aromatic carbocycles. The van der Waals surface area contributed by atoms with Crippen LogP contribution in [0.5, 0.6) is 0 Å². The number of aromatic nitrogens is 3. The molecule has 0 atom stereocenters. The Morgan fingerprint density at radius 1 is 0.333 bits per heavy atom. The van der Waals surface area contributed by atoms with E-state index >= 15 is 0 Å². The summed E-state index contributed by atoms with van der Waals surface area (Å²) in [4.78, 5) is 15.1. The highest BCUT2D eigenvalue weighted by atomic mass is 14.8. The molecule has 0 aliphatic carbocycles. The maximum atomic E-state index is 5.20. The van der Waals surface area contributed by atoms with Gasteiger partial charge in [-0.25, -0.2) is 9.97 Å². The van der Waals surface area contributed by atoms with Gasteiger partial charge in [0.05, 0.1) is 27.9 Å². The van der Waals surface area contributed by atoms with Crippen LogP contribution in [0.3, 0.4) is 0 Å². The molecule has 2 aromatic heterocycles. The van der Waals surface area contributed by atoms with Crippen molar-refractivity contribution in [3.63, 3.8) is 0 Å². The monoisotopic (exact) mass is 611 g/mol. The second-order valence-corrected chi connectivity index (χ2v) is 12.1. The topological polar surface area (TPSA) is 38.7 Å². The average Bonchev–Trinajstić information content (AvgIpc) is 3.17. The largest absolute Gasteiger partial charge is 0.256 e. The minimum absolute atomic E-state index is 0.868. The van der Waals surface area contributed by atoms with Crippen molar-refractivity contribution >= 4 is 32.7 Å². The summed E-state index contributed by atoms with van der Waals surface area (Å²) in [6, 6.07) is 59.6. The van der Waals surface area contributed by atoms with E-state index in [1.165, 1.54) is 27.6 Å². The van der Waals surface area contributed by atoms with Crippen LogP contribution in [0, 0.1) is 0 Å². The number of rotatable bonds is 5. The standard InChI is InChI=1S/C45H29N3/c1-2-11-30(12-3-1)31-22-24-32(25-23-31)44-45(48-42-21-7-6-20-41(42)47-44)36-16-9-14-34(28-36)33-13-8-15-35(27-33)40-29-37-17-10-26-46-43(37)39-19-5-4-18-38(39)40/h1-29H. The minimum Gasteiger partial charge on any atom is -0.256 e. The molecule has 0 amide bonds. The number of para-hydroxylation sites is 2. The molecule has 3 heteroatoms. The minimum atomic E-state index is 0.868. The van der Waals surface area contributed by atoms with E-state index < -0.39 is 0 Å². The molecular formula is C45H29N3. The lowest BCUT2D eigenvalue weighted by molar-refractivity contribution is 1.29. The van der Waals surface area contributed by atoms with Crippen molar-refractivity contribution in [1.82, 2.24) is 15.0 Å². The van der Waals surface area contributed by atoms with Gasteiger partial charge in [0.2, 0.25) is 0 Å². The number of benzene rings is 7. The van der Waals surface area contributed by atoms with Crippen LogP contribution in [0.4, 0.5) is 0 Å². The molecule has 0 spiro atoms. The van der Waals surface area contributed by atoms with E-state index in [4.69, 9.17) is 15.0 Å². The average molecular weight is 612 g/mol. The van der Waals surface area contributed by atoms with Crippen LogP contribution in [0.15, 0.2) is 176 Å². The fraction of sp³-hybridized carbons (Fsp3) is 0. The van der Waals surface area contributed by atoms with Crippen molar-refractivity contribution < 1.29 is 0 Å². The number of pyridine rings is 1. The third-order valence-corrected chi connectivity index (χ3v) is 9.09. The molecular weight excluding hydrogens is 583 g/mol. The Hall–Kier alpha value is -6.45. The van der Waals surface area contributed by atoms with Crippen LogP contribution in [0.25, 0.3) is 88.6 Å². The fourth-order valence-electron chi connectivity index (χ4n) is 6.72. The maximum Gasteiger partial charge on any atom is 0.0973 e. The van der Waals surface area contributed by atoms with E-state index in [-0.39, 0.29) is 0 Å². The molecule has 9 rings (SSSR count). The Morgan fingerprint density at radius 2 is 0.875 bits per heavy atom. The molecule has 48 heavy (non-hydrogen) atoms. The van der Waals surface area contributed by atoms with Crippen molar-refractivity contribution in [3.8, 4) is 55.9 Å². The summed E-state index contributed by atoms with van der Waals surface area (Å²) in [6.07, 6.45) is 1.87. The maximum absolute atomic E-state index is 5.20. The van der Waals surface area contributed by atoms with Gasteiger partial charge in [0, 0.05) is 28.1 Å². The van der Waals surface area contributed by atoms with Gasteiger partial charge in [-0.1, -0.05) is 133 Å². The van der Waals surface area contributed by atoms with E-state index in [0.29, 0.717) is 0 Å². The van der Waals surface area contributed by atoms with E-state index in [9.17, 15) is 0 Å². The van der Waals surface area contributed by atoms with Crippen molar-refractivity contribution in [2.75, 3.05) is 0 Å². The molecule has 0 unspecified atom stereocenters. The zero-order valence-corrected chi connectivity index (χ0v) is 26.1. The van der Waals surface area contributed by atoms with E-state index in [1.54, 1.807) is 0 Å². The van der Waals surface area contributed by atoms with Crippen LogP contribution in [0.1, 0.15) is 0 Å². The van der Waals surface area contributed by atoms with E-state index in [1.807, 2.05) is 42.6 Å². The second-order valence-electron chi connectivity index (χ2n) is 12.1. The van der Waals surface area contributed by atoms with Gasteiger partial charge in [-0.3, -0.25) is 4.98 Å². The second kappa shape index (κ2) is 11.7. The Kier molecular flexibility index (Phi) is 6.80. The summed E-state index contributed by atoms with van der Waals surface area (Å²) < 4.78 is 0. The van der Waals surface area contributed by atoms with Gasteiger partial charge in [0.1, 0.15) is 0 Å². The summed E-state index contributed by atoms with van der Waals surface area (Å²) in [5.74, 6) is 0. The normalized spacial score (nSPS) is 11.3. The molecule has 0 saturated heterocycles. The molecule has 0 fully saturated rings. The van der Waals surface area contributed by atoms with Gasteiger partial charge >= 0.3 is 0 Å². The van der Waals surface area contributed by atoms with Crippen LogP contribution in [-0.4, -0.2) is 15.0 Å². The van der Waals surface area contributed by atoms with Gasteiger partial charge < -0.3 is 0 Å². The molecule has 0 bridgehead atoms. The summed E-state index contributed by atoms with van der Waals surface area (Å²) in [5, 5.41) is 3.50. The van der Waals surface area contributed by atoms with Crippen LogP contribution in [-0.2, 0) is 0 Å². The van der Waals surface area contributed by atoms with E-state index in [0.717, 1.165) is 61.0 Å². The lowest BCUT2D eigenvalue weighted by Gasteiger charge is -2.14. The van der Waals surface area contributed by atoms with Crippen molar-refractivity contribution in [2.45, 2.75) is 0 Å². The molecule has 0 N–H and O–H groups in total. The molecule has 0 aliphatic rings. The number of hydrogen-bond acceptors (Lipinski definition) is 3. The van der Waals surface area contributed by atoms with Gasteiger partial charge in [-0.2, -0.15) is 0 Å². The Morgan fingerprint density at radius 3 is 1.62 bits per heavy atom. The fourth-order valence-corrected chi connectivity index (χ4v) is 6.72. The molecule has 0 radical (unpaired) electrons. The summed E-state index contributed by atoms with van der Waals surface area (Å²) in [5.41, 5.74) is 13.6. The molecule has 224 valence electrons. The van der Waals surface area contributed by atoms with Crippen molar-refractivity contribution in [2.24, 2.45) is 0 Å². The summed E-state index contributed by atoms with van der Waals surface area (Å²) in [7, 11) is 0. The SMILES string of the molecule is c1ccc(-c2ccc(-c3nc4ccccc4nc3-c3cccc(-c4cccc(-c5cc6cccnc6c6ccccc56)c4)c3)cc2)cc1. The van der Waals surface area contributed by atoms with Crippen molar-refractivity contribution in [1.29, 1.82) is 0 Å². The zero-order chi connectivity index (χ0) is 31.9. The first-order chi connectivity index (χ1) is 23.8. The Bertz CT molecular complexity index is 2610. The van der Waals surface area contributed by atoms with Gasteiger partial charge in [0.25, 0.3) is 0 Å². The van der Waals surface area contributed by atoms with Crippen LogP contribution < -0.4 is 0 Å². The smallest absolute Gasteiger partial charge is 0.0973 e. The Labute approximate surface area is 278 Å². The number of hydrogen-bond donors (Lipinski definition) is 0. The highest BCUT2D eigenvalue weighted by Crippen LogP contribution is 2.38. The first-order valence-electron chi connectivity index (χ1n) is 16.2. The molecule has 2 heterocycles. The first-order valence-corrected chi connectivity index (χ1v) is 16.2. The third kappa shape index (κ3) is 4.99. The number of nitrogens with zero attached hydrogens (tertiary/aromatic N) is 3. The lowest BCUT2D eigenvalue weighted by Crippen LogP contribution is -1.96. The summed E-state index contributed by atoms with van der Waals surface area (Å²) in [6.45, 7) is 0. The summed E-state index contributed by atoms with van der Waals surface area (Å²) >= 11 is 0. The number of fused-ring (bicyclic) bond motifs is 4. The van der Waals surface area contributed by atoms with Gasteiger partial charge in [0.15, 0.2) is 0 Å². The Balaban J connectivity index is 1.15. The molecule has 0 saturated carbocycles. The van der Waals surface area contributed by atoms with Gasteiger partial charge in [-0.05, 0) is 75.2 Å². The van der Waals surface area contributed by atoms with Crippen LogP contribution >= 0.6 is 0 Å². The van der Waals surface area contributed by atoms with Crippen molar-refractivity contribution in [3.05, 3.63) is 176 Å². The van der Waals surface area contributed by atoms with E-state index in [2.05, 4.69) is 133 Å². The molecule has 0 aliphatic heterocycles. The highest BCUT2D eigenvalue weighted by molar-refractivity contribution is 6.12. The molecule has 9 aromatic rings. The first kappa shape index (κ1) is 27.8. The van der Waals surface area contributed by atoms with Gasteiger partial charge in [-0.15, -0.1) is 0 Å². The molecule has 3 nitrogen and oxygen atoms in total. The third-order valence-electron chi connectivity index (χ3n) is 9.09.